The van der Waals surface area contributed by atoms with Crippen LogP contribution in [0.2, 0.25) is 0 Å². The summed E-state index contributed by atoms with van der Waals surface area (Å²) in [6.07, 6.45) is 0. The Morgan fingerprint density at radius 1 is 0.833 bits per heavy atom. The Hall–Kier alpha value is 0.172. The van der Waals surface area contributed by atoms with Crippen molar-refractivity contribution in [2.45, 2.75) is 0 Å². The summed E-state index contributed by atoms with van der Waals surface area (Å²) < 4.78 is 8.12. The molecule has 4 N–H and O–H groups in total. The molecule has 0 aliphatic heterocycles. The number of hydrogen-bond acceptors (Lipinski definition) is 5. The van der Waals surface area contributed by atoms with Crippen molar-refractivity contribution in [2.24, 2.45) is 0 Å². The molecule has 6 heteroatoms. The van der Waals surface area contributed by atoms with E-state index in [1.165, 1.54) is 16.2 Å². The molecule has 0 rings (SSSR count). The second-order valence-corrected chi connectivity index (χ2v) is 0. The molecule has 0 fully saturated rings. The van der Waals surface area contributed by atoms with Crippen molar-refractivity contribution in [1.82, 2.24) is 0 Å². The molecule has 0 heterocycles. The monoisotopic (exact) mass is 136 g/mol. The molecule has 0 aliphatic rings. The molecule has 0 aromatic carbocycles. The average Bonchev–Trinajstić information content (AvgIpc) is 1.81. The first-order chi connectivity index (χ1) is 3.00. The Labute approximate surface area is 42.0 Å². The molecule has 0 saturated carbocycles. The van der Waals surface area contributed by atoms with Gasteiger partial charge in [-0.05, 0) is 0 Å². The van der Waals surface area contributed by atoms with Gasteiger partial charge in [0.05, 0.1) is 0 Å². The van der Waals surface area contributed by atoms with Crippen molar-refractivity contribution in [3.63, 3.8) is 0 Å². The van der Waals surface area contributed by atoms with Gasteiger partial charge >= 0.3 is 20.0 Å². The molecule has 0 aromatic heterocycles. The first kappa shape index (κ1) is 16.4. The van der Waals surface area contributed by atoms with Crippen molar-refractivity contribution in [3.05, 3.63) is 0 Å². The fourth-order valence-electron chi connectivity index (χ4n) is 0. The Kier molecular flexibility index (Phi) is 8280. The van der Waals surface area contributed by atoms with Crippen LogP contribution in [0.5, 0.6) is 0 Å². The topological polar surface area (TPSA) is 98.0 Å². The Morgan fingerprint density at radius 3 is 0.833 bits per heavy atom. The van der Waals surface area contributed by atoms with Crippen LogP contribution < -0.4 is 0 Å². The first-order valence-corrected chi connectivity index (χ1v) is 1.09. The van der Waals surface area contributed by atoms with Crippen LogP contribution in [0.3, 0.4) is 0 Å². The first-order valence-electron chi connectivity index (χ1n) is 0.567. The van der Waals surface area contributed by atoms with Gasteiger partial charge in [-0.3, -0.25) is 21.0 Å². The summed E-state index contributed by atoms with van der Waals surface area (Å²) in [6, 6.07) is 0. The van der Waals surface area contributed by atoms with Gasteiger partial charge in [0.2, 0.25) is 0 Å². The zero-order valence-corrected chi connectivity index (χ0v) is 3.88. The fraction of sp³-hybridized carbons (Fsp3) is 0. The van der Waals surface area contributed by atoms with Gasteiger partial charge in [0, 0.05) is 0 Å². The van der Waals surface area contributed by atoms with E-state index in [4.69, 9.17) is 24.8 Å². The van der Waals surface area contributed by atoms with Gasteiger partial charge in [-0.1, -0.05) is 0 Å². The van der Waals surface area contributed by atoms with Crippen LogP contribution >= 0.6 is 0 Å². The van der Waals surface area contributed by atoms with Gasteiger partial charge in [-0.25, -0.2) is 0 Å². The predicted molar refractivity (Wildman–Crippen MR) is 11.2 cm³/mol. The second-order valence-electron chi connectivity index (χ2n) is 0. The normalized spacial score (nSPS) is 2.67. The quantitative estimate of drug-likeness (QED) is 0.275. The molecule has 0 bridgehead atoms. The van der Waals surface area contributed by atoms with Crippen LogP contribution in [0.4, 0.5) is 0 Å². The number of hydrogen-bond donors (Lipinski definition) is 4. The summed E-state index contributed by atoms with van der Waals surface area (Å²) in [4.78, 5) is 0. The minimum atomic E-state index is 1.38. The van der Waals surface area contributed by atoms with Crippen molar-refractivity contribution < 1.29 is 41.1 Å². The van der Waals surface area contributed by atoms with E-state index in [-0.39, 0.29) is 0 Å². The van der Waals surface area contributed by atoms with E-state index < -0.39 is 0 Å². The molecule has 0 radical (unpaired) electrons. The molecule has 0 aromatic rings. The van der Waals surface area contributed by atoms with Crippen molar-refractivity contribution in [2.75, 3.05) is 0 Å². The number of rotatable bonds is 0. The van der Waals surface area contributed by atoms with E-state index in [0.29, 0.717) is 0 Å². The van der Waals surface area contributed by atoms with Crippen LogP contribution in [0.15, 0.2) is 0 Å². The maximum atomic E-state index is 8.12. The van der Waals surface area contributed by atoms with Gasteiger partial charge in [0.25, 0.3) is 0 Å². The molecular formula is H4CrO5. The molecule has 0 atom stereocenters. The summed E-state index contributed by atoms with van der Waals surface area (Å²) in [5.41, 5.74) is 0. The van der Waals surface area contributed by atoms with E-state index in [1.807, 2.05) is 0 Å². The Morgan fingerprint density at radius 2 is 0.833 bits per heavy atom. The predicted octanol–water partition coefficient (Wildman–Crippen LogP) is -0.0865. The second kappa shape index (κ2) is 3030. The average molecular weight is 136 g/mol. The third-order valence-electron chi connectivity index (χ3n) is 0. The van der Waals surface area contributed by atoms with Gasteiger partial charge in [0.15, 0.2) is 0 Å². The summed E-state index contributed by atoms with van der Waals surface area (Å²) in [6.45, 7) is 0. The van der Waals surface area contributed by atoms with E-state index >= 15 is 0 Å². The fourth-order valence-corrected chi connectivity index (χ4v) is 0. The van der Waals surface area contributed by atoms with Gasteiger partial charge < -0.3 is 0 Å². The van der Waals surface area contributed by atoms with Crippen LogP contribution in [-0.2, 0) is 20.0 Å². The minimum absolute atomic E-state index is 1.38. The van der Waals surface area contributed by atoms with E-state index in [2.05, 4.69) is 0 Å². The van der Waals surface area contributed by atoms with Gasteiger partial charge in [-0.2, -0.15) is 0 Å². The van der Waals surface area contributed by atoms with Gasteiger partial charge in [0.1, 0.15) is 0 Å². The van der Waals surface area contributed by atoms with Crippen molar-refractivity contribution >= 4 is 0 Å². The van der Waals surface area contributed by atoms with E-state index in [0.717, 1.165) is 0 Å². The SMILES string of the molecule is OO.OO.[O]=[Cr]. The summed E-state index contributed by atoms with van der Waals surface area (Å²) in [7, 11) is 0. The standard InChI is InChI=1S/Cr.2H2O2.O/c;2*1-2;/h;2*1-2H;. The maximum absolute atomic E-state index is 8.12. The Bertz CT molecular complexity index is 3.90. The molecule has 40 valence electrons. The van der Waals surface area contributed by atoms with Crippen molar-refractivity contribution in [1.29, 1.82) is 0 Å². The van der Waals surface area contributed by atoms with Crippen LogP contribution in [0.25, 0.3) is 0 Å². The molecule has 0 unspecified atom stereocenters. The molecule has 0 saturated heterocycles. The molecule has 6 heavy (non-hydrogen) atoms. The van der Waals surface area contributed by atoms with E-state index in [1.54, 1.807) is 0 Å². The third kappa shape index (κ3) is 1410. The Balaban J connectivity index is -0.0000000225. The molecule has 0 amide bonds. The molecular weight excluding hydrogens is 132 g/mol. The van der Waals surface area contributed by atoms with Crippen molar-refractivity contribution in [3.8, 4) is 0 Å². The van der Waals surface area contributed by atoms with E-state index in [9.17, 15) is 0 Å². The molecule has 5 nitrogen and oxygen atoms in total. The van der Waals surface area contributed by atoms with Crippen LogP contribution in [0, 0.1) is 0 Å². The zero-order chi connectivity index (χ0) is 6.00. The zero-order valence-electron chi connectivity index (χ0n) is 2.61. The van der Waals surface area contributed by atoms with Crippen LogP contribution in [0.1, 0.15) is 0 Å². The van der Waals surface area contributed by atoms with Gasteiger partial charge in [-0.15, -0.1) is 0 Å². The summed E-state index contributed by atoms with van der Waals surface area (Å²) >= 11 is 1.38. The summed E-state index contributed by atoms with van der Waals surface area (Å²) in [5, 5.41) is 24.0. The molecule has 0 aliphatic carbocycles. The van der Waals surface area contributed by atoms with Crippen LogP contribution in [-0.4, -0.2) is 21.0 Å². The summed E-state index contributed by atoms with van der Waals surface area (Å²) in [5.74, 6) is 0. The molecule has 0 spiro atoms. The third-order valence-corrected chi connectivity index (χ3v) is 0.